The number of carbonyl (C=O) groups excluding carboxylic acids is 1. The second-order valence-electron chi connectivity index (χ2n) is 4.99. The number of hydrogen-bond acceptors (Lipinski definition) is 4. The molecule has 0 aromatic rings. The summed E-state index contributed by atoms with van der Waals surface area (Å²) in [6, 6.07) is 1.47. The Bertz CT molecular complexity index is 328. The fraction of sp³-hybridized carbons (Fsp3) is 0.750. The molecule has 0 aliphatic rings. The molecule has 1 atom stereocenters. The number of unbranched alkanes of at least 4 members (excludes halogenated alkanes) is 1. The second kappa shape index (κ2) is 7.54. The molecule has 18 heavy (non-hydrogen) atoms. The number of nitrogens with zero attached hydrogens (tertiary/aromatic N) is 1. The van der Waals surface area contributed by atoms with Gasteiger partial charge in [-0.1, -0.05) is 0 Å². The predicted octanol–water partition coefficient (Wildman–Crippen LogP) is 2.05. The van der Waals surface area contributed by atoms with Gasteiger partial charge in [-0.25, -0.2) is 4.79 Å². The van der Waals surface area contributed by atoms with Gasteiger partial charge in [0, 0.05) is 12.5 Å². The molecule has 102 valence electrons. The highest BCUT2D eigenvalue weighted by atomic mass is 16.6. The van der Waals surface area contributed by atoms with Crippen molar-refractivity contribution in [3.63, 3.8) is 0 Å². The van der Waals surface area contributed by atoms with Gasteiger partial charge in [-0.05, 0) is 33.6 Å². The first-order valence-corrected chi connectivity index (χ1v) is 5.83. The average molecular weight is 256 g/mol. The van der Waals surface area contributed by atoms with E-state index in [-0.39, 0.29) is 6.42 Å². The molecule has 1 amide bonds. The summed E-state index contributed by atoms with van der Waals surface area (Å²) in [7, 11) is 0. The van der Waals surface area contributed by atoms with Crippen LogP contribution in [0.2, 0.25) is 0 Å². The van der Waals surface area contributed by atoms with Crippen LogP contribution < -0.4 is 5.32 Å². The molecule has 0 heterocycles. The van der Waals surface area contributed by atoms with Crippen LogP contribution in [0, 0.1) is 11.3 Å². The number of alkyl carbamates (subject to hydrolysis) is 1. The van der Waals surface area contributed by atoms with E-state index >= 15 is 0 Å². The van der Waals surface area contributed by atoms with Crippen molar-refractivity contribution in [2.24, 2.45) is 0 Å². The Morgan fingerprint density at radius 2 is 2.06 bits per heavy atom. The van der Waals surface area contributed by atoms with Gasteiger partial charge in [0.1, 0.15) is 5.60 Å². The van der Waals surface area contributed by atoms with Crippen LogP contribution in [0.15, 0.2) is 0 Å². The van der Waals surface area contributed by atoms with E-state index in [2.05, 4.69) is 5.32 Å². The van der Waals surface area contributed by atoms with Crippen LogP contribution in [-0.4, -0.2) is 28.8 Å². The molecule has 0 spiro atoms. The number of nitriles is 1. The number of nitrogens with one attached hydrogen (secondary N) is 1. The van der Waals surface area contributed by atoms with Gasteiger partial charge >= 0.3 is 12.1 Å². The summed E-state index contributed by atoms with van der Waals surface area (Å²) in [6.45, 7) is 5.19. The van der Waals surface area contributed by atoms with E-state index in [0.717, 1.165) is 0 Å². The van der Waals surface area contributed by atoms with Gasteiger partial charge in [0.15, 0.2) is 0 Å². The molecule has 0 saturated carbocycles. The molecule has 0 aromatic carbocycles. The number of carbonyl (C=O) groups is 2. The summed E-state index contributed by atoms with van der Waals surface area (Å²) in [6.07, 6.45) is 0.519. The van der Waals surface area contributed by atoms with E-state index in [9.17, 15) is 9.59 Å². The molecule has 0 saturated heterocycles. The van der Waals surface area contributed by atoms with Crippen LogP contribution >= 0.6 is 0 Å². The number of rotatable bonds is 6. The van der Waals surface area contributed by atoms with Gasteiger partial charge in [-0.15, -0.1) is 0 Å². The summed E-state index contributed by atoms with van der Waals surface area (Å²) in [4.78, 5) is 22.1. The third-order valence-corrected chi connectivity index (χ3v) is 1.98. The topological polar surface area (TPSA) is 99.4 Å². The van der Waals surface area contributed by atoms with Crippen molar-refractivity contribution < 1.29 is 19.4 Å². The van der Waals surface area contributed by atoms with Crippen LogP contribution in [0.4, 0.5) is 4.79 Å². The minimum absolute atomic E-state index is 0.176. The van der Waals surface area contributed by atoms with E-state index in [0.29, 0.717) is 19.3 Å². The molecule has 1 unspecified atom stereocenters. The Morgan fingerprint density at radius 1 is 1.44 bits per heavy atom. The Morgan fingerprint density at radius 3 is 2.50 bits per heavy atom. The normalized spacial score (nSPS) is 12.3. The SMILES string of the molecule is CC(C)(C)OC(=O)NC(CCCC#N)CC(=O)O. The first-order chi connectivity index (χ1) is 8.24. The lowest BCUT2D eigenvalue weighted by Gasteiger charge is -2.22. The van der Waals surface area contributed by atoms with Gasteiger partial charge in [-0.2, -0.15) is 5.26 Å². The van der Waals surface area contributed by atoms with Crippen molar-refractivity contribution in [3.8, 4) is 6.07 Å². The van der Waals surface area contributed by atoms with Gasteiger partial charge in [0.2, 0.25) is 0 Å². The van der Waals surface area contributed by atoms with E-state index in [1.165, 1.54) is 0 Å². The first kappa shape index (κ1) is 16.2. The fourth-order valence-corrected chi connectivity index (χ4v) is 1.34. The van der Waals surface area contributed by atoms with Gasteiger partial charge < -0.3 is 15.2 Å². The van der Waals surface area contributed by atoms with Crippen LogP contribution in [0.1, 0.15) is 46.5 Å². The van der Waals surface area contributed by atoms with Crippen molar-refractivity contribution in [2.75, 3.05) is 0 Å². The van der Waals surface area contributed by atoms with E-state index in [4.69, 9.17) is 15.1 Å². The molecule has 6 nitrogen and oxygen atoms in total. The highest BCUT2D eigenvalue weighted by Gasteiger charge is 2.20. The monoisotopic (exact) mass is 256 g/mol. The molecule has 0 bridgehead atoms. The largest absolute Gasteiger partial charge is 0.481 e. The summed E-state index contributed by atoms with van der Waals surface area (Å²) >= 11 is 0. The number of aliphatic carboxylic acids is 1. The Kier molecular flexibility index (Phi) is 6.79. The minimum atomic E-state index is -0.993. The van der Waals surface area contributed by atoms with Crippen LogP contribution in [-0.2, 0) is 9.53 Å². The summed E-state index contributed by atoms with van der Waals surface area (Å²) in [5.41, 5.74) is -0.621. The average Bonchev–Trinajstić information content (AvgIpc) is 2.13. The number of hydrogen-bond donors (Lipinski definition) is 2. The summed E-state index contributed by atoms with van der Waals surface area (Å²) < 4.78 is 5.05. The van der Waals surface area contributed by atoms with Crippen LogP contribution in [0.3, 0.4) is 0 Å². The predicted molar refractivity (Wildman–Crippen MR) is 64.9 cm³/mol. The summed E-state index contributed by atoms with van der Waals surface area (Å²) in [5, 5.41) is 19.7. The number of amides is 1. The number of ether oxygens (including phenoxy) is 1. The quantitative estimate of drug-likeness (QED) is 0.708. The lowest BCUT2D eigenvalue weighted by Crippen LogP contribution is -2.40. The molecule has 0 rings (SSSR count). The second-order valence-corrected chi connectivity index (χ2v) is 4.99. The lowest BCUT2D eigenvalue weighted by atomic mass is 10.1. The molecule has 0 aliphatic heterocycles. The Balaban J connectivity index is 4.26. The third-order valence-electron chi connectivity index (χ3n) is 1.98. The van der Waals surface area contributed by atoms with Crippen molar-refractivity contribution in [1.82, 2.24) is 5.32 Å². The van der Waals surface area contributed by atoms with Crippen molar-refractivity contribution in [2.45, 2.75) is 58.1 Å². The molecule has 6 heteroatoms. The fourth-order valence-electron chi connectivity index (χ4n) is 1.34. The Hall–Kier alpha value is -1.77. The van der Waals surface area contributed by atoms with Gasteiger partial charge in [-0.3, -0.25) is 4.79 Å². The number of carboxylic acids is 1. The maximum Gasteiger partial charge on any atom is 0.407 e. The maximum absolute atomic E-state index is 11.5. The van der Waals surface area contributed by atoms with Gasteiger partial charge in [0.25, 0.3) is 0 Å². The standard InChI is InChI=1S/C12H20N2O4/c1-12(2,3)18-11(17)14-9(8-10(15)16)6-4-5-7-13/h9H,4-6,8H2,1-3H3,(H,14,17)(H,15,16). The van der Waals surface area contributed by atoms with Gasteiger partial charge in [0.05, 0.1) is 12.5 Å². The van der Waals surface area contributed by atoms with E-state index < -0.39 is 23.7 Å². The van der Waals surface area contributed by atoms with Crippen LogP contribution in [0.5, 0.6) is 0 Å². The smallest absolute Gasteiger partial charge is 0.407 e. The molecule has 0 fully saturated rings. The van der Waals surface area contributed by atoms with E-state index in [1.807, 2.05) is 6.07 Å². The minimum Gasteiger partial charge on any atom is -0.481 e. The zero-order valence-corrected chi connectivity index (χ0v) is 11.0. The Labute approximate surface area is 107 Å². The zero-order chi connectivity index (χ0) is 14.2. The molecule has 0 radical (unpaired) electrons. The molecule has 2 N–H and O–H groups in total. The molecular formula is C12H20N2O4. The first-order valence-electron chi connectivity index (χ1n) is 5.83. The highest BCUT2D eigenvalue weighted by Crippen LogP contribution is 2.09. The summed E-state index contributed by atoms with van der Waals surface area (Å²) in [5.74, 6) is -0.993. The highest BCUT2D eigenvalue weighted by molar-refractivity contribution is 5.71. The molecule has 0 aromatic heterocycles. The van der Waals surface area contributed by atoms with Crippen molar-refractivity contribution in [3.05, 3.63) is 0 Å². The lowest BCUT2D eigenvalue weighted by molar-refractivity contribution is -0.137. The molecule has 0 aliphatic carbocycles. The number of carboxylic acid groups (broad SMARTS) is 1. The molecular weight excluding hydrogens is 236 g/mol. The van der Waals surface area contributed by atoms with Crippen molar-refractivity contribution >= 4 is 12.1 Å². The van der Waals surface area contributed by atoms with Crippen molar-refractivity contribution in [1.29, 1.82) is 5.26 Å². The third kappa shape index (κ3) is 9.46. The zero-order valence-electron chi connectivity index (χ0n) is 11.0. The van der Waals surface area contributed by atoms with Crippen LogP contribution in [0.25, 0.3) is 0 Å². The van der Waals surface area contributed by atoms with E-state index in [1.54, 1.807) is 20.8 Å². The maximum atomic E-state index is 11.5.